The predicted molar refractivity (Wildman–Crippen MR) is 68.9 cm³/mol. The van der Waals surface area contributed by atoms with Gasteiger partial charge in [-0.3, -0.25) is 0 Å². The lowest BCUT2D eigenvalue weighted by Gasteiger charge is -2.08. The molecule has 0 amide bonds. The van der Waals surface area contributed by atoms with Crippen LogP contribution in [0.3, 0.4) is 0 Å². The molecule has 0 saturated heterocycles. The quantitative estimate of drug-likeness (QED) is 0.945. The summed E-state index contributed by atoms with van der Waals surface area (Å²) in [5.41, 5.74) is 6.93. The fraction of sp³-hybridized carbons (Fsp3) is 0.273. The van der Waals surface area contributed by atoms with Gasteiger partial charge in [-0.25, -0.2) is 0 Å². The van der Waals surface area contributed by atoms with Crippen molar-refractivity contribution in [1.29, 1.82) is 0 Å². The smallest absolute Gasteiger partial charge is 0.226 e. The standard InChI is InChI=1S/C11H11BrClN3O/c1-2-9-15-11(16-17-9)10(14)6-3-4-8(13)7(12)5-6/h3-5,10H,2,14H2,1H3. The average Bonchev–Trinajstić information content (AvgIpc) is 2.80. The summed E-state index contributed by atoms with van der Waals surface area (Å²) >= 11 is 9.27. The van der Waals surface area contributed by atoms with Crippen molar-refractivity contribution >= 4 is 27.5 Å². The van der Waals surface area contributed by atoms with Crippen LogP contribution in [0.5, 0.6) is 0 Å². The van der Waals surface area contributed by atoms with Gasteiger partial charge in [0.25, 0.3) is 0 Å². The highest BCUT2D eigenvalue weighted by atomic mass is 79.9. The summed E-state index contributed by atoms with van der Waals surface area (Å²) in [6.45, 7) is 1.95. The molecule has 1 heterocycles. The molecular formula is C11H11BrClN3O. The van der Waals surface area contributed by atoms with Crippen LogP contribution in [0, 0.1) is 0 Å². The van der Waals surface area contributed by atoms with Crippen molar-refractivity contribution in [3.8, 4) is 0 Å². The molecule has 90 valence electrons. The highest BCUT2D eigenvalue weighted by Crippen LogP contribution is 2.27. The lowest BCUT2D eigenvalue weighted by atomic mass is 10.1. The summed E-state index contributed by atoms with van der Waals surface area (Å²) in [6.07, 6.45) is 0.698. The van der Waals surface area contributed by atoms with E-state index in [2.05, 4.69) is 26.1 Å². The lowest BCUT2D eigenvalue weighted by molar-refractivity contribution is 0.375. The summed E-state index contributed by atoms with van der Waals surface area (Å²) in [7, 11) is 0. The molecule has 0 aliphatic heterocycles. The Hall–Kier alpha value is -0.910. The zero-order valence-electron chi connectivity index (χ0n) is 9.15. The maximum Gasteiger partial charge on any atom is 0.226 e. The number of aromatic nitrogens is 2. The van der Waals surface area contributed by atoms with Gasteiger partial charge in [0.1, 0.15) is 0 Å². The van der Waals surface area contributed by atoms with E-state index >= 15 is 0 Å². The largest absolute Gasteiger partial charge is 0.339 e. The number of nitrogens with two attached hydrogens (primary N) is 1. The molecule has 1 aromatic carbocycles. The normalized spacial score (nSPS) is 12.7. The van der Waals surface area contributed by atoms with Crippen molar-refractivity contribution in [2.45, 2.75) is 19.4 Å². The Kier molecular flexibility index (Phi) is 3.81. The maximum absolute atomic E-state index is 6.05. The van der Waals surface area contributed by atoms with Crippen molar-refractivity contribution in [2.75, 3.05) is 0 Å². The maximum atomic E-state index is 6.05. The van der Waals surface area contributed by atoms with Crippen LogP contribution in [0.25, 0.3) is 0 Å². The van der Waals surface area contributed by atoms with E-state index in [1.54, 1.807) is 6.07 Å². The SMILES string of the molecule is CCc1nc(C(N)c2ccc(Cl)c(Br)c2)no1. The van der Waals surface area contributed by atoms with Crippen molar-refractivity contribution in [3.05, 3.63) is 45.0 Å². The molecule has 2 N–H and O–H groups in total. The van der Waals surface area contributed by atoms with Crippen LogP contribution in [0.4, 0.5) is 0 Å². The van der Waals surface area contributed by atoms with E-state index in [0.717, 1.165) is 10.0 Å². The first-order valence-electron chi connectivity index (χ1n) is 5.14. The Morgan fingerprint density at radius 2 is 2.29 bits per heavy atom. The van der Waals surface area contributed by atoms with E-state index in [4.69, 9.17) is 21.9 Å². The summed E-state index contributed by atoms with van der Waals surface area (Å²) in [5.74, 6) is 1.07. The molecule has 1 atom stereocenters. The molecule has 0 fully saturated rings. The number of halogens is 2. The Labute approximate surface area is 112 Å². The van der Waals surface area contributed by atoms with E-state index in [-0.39, 0.29) is 0 Å². The summed E-state index contributed by atoms with van der Waals surface area (Å²) < 4.78 is 5.83. The van der Waals surface area contributed by atoms with Gasteiger partial charge in [0.2, 0.25) is 5.89 Å². The second kappa shape index (κ2) is 5.16. The van der Waals surface area contributed by atoms with Crippen LogP contribution < -0.4 is 5.73 Å². The molecule has 2 aromatic rings. The molecule has 0 aliphatic rings. The van der Waals surface area contributed by atoms with Gasteiger partial charge in [-0.05, 0) is 33.6 Å². The van der Waals surface area contributed by atoms with E-state index in [9.17, 15) is 0 Å². The molecule has 4 nitrogen and oxygen atoms in total. The topological polar surface area (TPSA) is 64.9 Å². The summed E-state index contributed by atoms with van der Waals surface area (Å²) in [6, 6.07) is 5.07. The van der Waals surface area contributed by atoms with Crippen LogP contribution in [0.2, 0.25) is 5.02 Å². The molecule has 1 aromatic heterocycles. The number of hydrogen-bond donors (Lipinski definition) is 1. The number of nitrogens with zero attached hydrogens (tertiary/aromatic N) is 2. The van der Waals surface area contributed by atoms with Gasteiger partial charge in [-0.2, -0.15) is 4.98 Å². The van der Waals surface area contributed by atoms with Gasteiger partial charge in [0, 0.05) is 10.9 Å². The fourth-order valence-electron chi connectivity index (χ4n) is 1.39. The van der Waals surface area contributed by atoms with E-state index in [1.807, 2.05) is 19.1 Å². The minimum absolute atomic E-state index is 0.410. The van der Waals surface area contributed by atoms with Crippen molar-refractivity contribution in [3.63, 3.8) is 0 Å². The highest BCUT2D eigenvalue weighted by Gasteiger charge is 2.16. The summed E-state index contributed by atoms with van der Waals surface area (Å²) in [4.78, 5) is 4.21. The second-order valence-electron chi connectivity index (χ2n) is 3.55. The first-order chi connectivity index (χ1) is 8.11. The highest BCUT2D eigenvalue weighted by molar-refractivity contribution is 9.10. The molecule has 2 rings (SSSR count). The second-order valence-corrected chi connectivity index (χ2v) is 4.81. The third-order valence-corrected chi connectivity index (χ3v) is 3.58. The molecule has 0 bridgehead atoms. The van der Waals surface area contributed by atoms with Crippen LogP contribution >= 0.6 is 27.5 Å². The monoisotopic (exact) mass is 315 g/mol. The van der Waals surface area contributed by atoms with Crippen LogP contribution in [-0.4, -0.2) is 10.1 Å². The Balaban J connectivity index is 2.29. The fourth-order valence-corrected chi connectivity index (χ4v) is 1.91. The number of aryl methyl sites for hydroxylation is 1. The third-order valence-electron chi connectivity index (χ3n) is 2.37. The van der Waals surface area contributed by atoms with E-state index in [1.165, 1.54) is 0 Å². The van der Waals surface area contributed by atoms with Gasteiger partial charge < -0.3 is 10.3 Å². The molecular weight excluding hydrogens is 305 g/mol. The molecule has 6 heteroatoms. The van der Waals surface area contributed by atoms with Crippen molar-refractivity contribution in [2.24, 2.45) is 5.73 Å². The predicted octanol–water partition coefficient (Wildman–Crippen LogP) is 3.10. The van der Waals surface area contributed by atoms with Crippen LogP contribution in [-0.2, 0) is 6.42 Å². The zero-order chi connectivity index (χ0) is 12.4. The van der Waals surface area contributed by atoms with Gasteiger partial charge >= 0.3 is 0 Å². The van der Waals surface area contributed by atoms with Crippen LogP contribution in [0.1, 0.15) is 30.2 Å². The Morgan fingerprint density at radius 1 is 1.53 bits per heavy atom. The van der Waals surface area contributed by atoms with Gasteiger partial charge in [-0.15, -0.1) is 0 Å². The molecule has 1 unspecified atom stereocenters. The molecule has 0 saturated carbocycles. The Morgan fingerprint density at radius 3 is 2.88 bits per heavy atom. The summed E-state index contributed by atoms with van der Waals surface area (Å²) in [5, 5.41) is 4.50. The lowest BCUT2D eigenvalue weighted by Crippen LogP contribution is -2.13. The minimum Gasteiger partial charge on any atom is -0.339 e. The number of rotatable bonds is 3. The number of hydrogen-bond acceptors (Lipinski definition) is 4. The van der Waals surface area contributed by atoms with Gasteiger partial charge in [0.15, 0.2) is 5.82 Å². The average molecular weight is 317 g/mol. The van der Waals surface area contributed by atoms with Gasteiger partial charge in [0.05, 0.1) is 11.1 Å². The zero-order valence-corrected chi connectivity index (χ0v) is 11.5. The first-order valence-corrected chi connectivity index (χ1v) is 6.32. The van der Waals surface area contributed by atoms with Gasteiger partial charge in [-0.1, -0.05) is 29.7 Å². The third kappa shape index (κ3) is 2.68. The van der Waals surface area contributed by atoms with E-state index in [0.29, 0.717) is 23.2 Å². The minimum atomic E-state index is -0.410. The van der Waals surface area contributed by atoms with Crippen molar-refractivity contribution < 1.29 is 4.52 Å². The molecule has 0 radical (unpaired) electrons. The Bertz CT molecular complexity index is 529. The molecule has 0 aliphatic carbocycles. The molecule has 0 spiro atoms. The first kappa shape index (κ1) is 12.5. The van der Waals surface area contributed by atoms with E-state index < -0.39 is 6.04 Å². The molecule has 17 heavy (non-hydrogen) atoms. The number of benzene rings is 1. The van der Waals surface area contributed by atoms with Crippen LogP contribution in [0.15, 0.2) is 27.2 Å². The van der Waals surface area contributed by atoms with Crippen molar-refractivity contribution in [1.82, 2.24) is 10.1 Å².